The molecule has 4 heterocycles. The summed E-state index contributed by atoms with van der Waals surface area (Å²) in [5.41, 5.74) is 2.56. The Morgan fingerprint density at radius 2 is 2.08 bits per heavy atom. The van der Waals surface area contributed by atoms with Gasteiger partial charge in [0.05, 0.1) is 23.1 Å². The van der Waals surface area contributed by atoms with Crippen molar-refractivity contribution in [2.24, 2.45) is 0 Å². The molecule has 4 rings (SSSR count). The van der Waals surface area contributed by atoms with Gasteiger partial charge in [-0.15, -0.1) is 0 Å². The number of hydrogen-bond acceptors (Lipinski definition) is 7. The van der Waals surface area contributed by atoms with Gasteiger partial charge in [0.1, 0.15) is 6.10 Å². The number of ether oxygens (including phenoxy) is 1. The second kappa shape index (κ2) is 6.49. The average Bonchev–Trinajstić information content (AvgIpc) is 3.27. The molecule has 7 nitrogen and oxygen atoms in total. The van der Waals surface area contributed by atoms with Gasteiger partial charge in [-0.1, -0.05) is 5.16 Å². The van der Waals surface area contributed by atoms with Crippen molar-refractivity contribution >= 4 is 5.95 Å². The molecular formula is C17H22N4O3. The van der Waals surface area contributed by atoms with Gasteiger partial charge in [-0.3, -0.25) is 0 Å². The number of aryl methyl sites for hydroxylation is 1. The summed E-state index contributed by atoms with van der Waals surface area (Å²) in [4.78, 5) is 11.5. The van der Waals surface area contributed by atoms with Gasteiger partial charge in [-0.25, -0.2) is 9.97 Å². The molecule has 0 unspecified atom stereocenters. The third-order valence-electron chi connectivity index (χ3n) is 4.68. The molecule has 0 aliphatic carbocycles. The van der Waals surface area contributed by atoms with Crippen molar-refractivity contribution in [3.05, 3.63) is 23.7 Å². The molecule has 2 aliphatic heterocycles. The standard InChI is InChI=1S/C17H22N4O3/c1-11-9-15(24-20-11)13-10-18-17(21-6-4-12(22)5-7-21)19-16(13)14-3-2-8-23-14/h9-10,12,14,22H,2-8H2,1H3/t14-/m1/s1. The van der Waals surface area contributed by atoms with Gasteiger partial charge in [0.25, 0.3) is 0 Å². The van der Waals surface area contributed by atoms with E-state index in [-0.39, 0.29) is 12.2 Å². The van der Waals surface area contributed by atoms with Crippen LogP contribution in [0.4, 0.5) is 5.95 Å². The predicted octanol–water partition coefficient (Wildman–Crippen LogP) is 2.25. The molecule has 0 aromatic carbocycles. The van der Waals surface area contributed by atoms with E-state index in [0.29, 0.717) is 11.7 Å². The SMILES string of the molecule is Cc1cc(-c2cnc(N3CCC(O)CC3)nc2[C@H]2CCCO2)on1. The van der Waals surface area contributed by atoms with Crippen LogP contribution in [-0.4, -0.2) is 46.0 Å². The third-order valence-corrected chi connectivity index (χ3v) is 4.68. The minimum atomic E-state index is -0.213. The molecule has 7 heteroatoms. The molecular weight excluding hydrogens is 308 g/mol. The van der Waals surface area contributed by atoms with E-state index in [0.717, 1.165) is 62.3 Å². The molecule has 0 bridgehead atoms. The zero-order valence-electron chi connectivity index (χ0n) is 13.8. The maximum absolute atomic E-state index is 9.69. The molecule has 1 atom stereocenters. The molecule has 2 aliphatic rings. The summed E-state index contributed by atoms with van der Waals surface area (Å²) in [5.74, 6) is 1.38. The molecule has 2 saturated heterocycles. The van der Waals surface area contributed by atoms with Crippen LogP contribution >= 0.6 is 0 Å². The van der Waals surface area contributed by atoms with Crippen LogP contribution in [0.3, 0.4) is 0 Å². The number of aromatic nitrogens is 3. The fourth-order valence-corrected chi connectivity index (χ4v) is 3.32. The van der Waals surface area contributed by atoms with Crippen molar-refractivity contribution in [2.75, 3.05) is 24.6 Å². The Labute approximate surface area is 140 Å². The van der Waals surface area contributed by atoms with Crippen LogP contribution in [0, 0.1) is 6.92 Å². The second-order valence-corrected chi connectivity index (χ2v) is 6.52. The van der Waals surface area contributed by atoms with E-state index in [2.05, 4.69) is 15.0 Å². The lowest BCUT2D eigenvalue weighted by Gasteiger charge is -2.30. The van der Waals surface area contributed by atoms with E-state index in [4.69, 9.17) is 14.2 Å². The van der Waals surface area contributed by atoms with Gasteiger partial charge in [0.2, 0.25) is 5.95 Å². The highest BCUT2D eigenvalue weighted by Gasteiger charge is 2.27. The fourth-order valence-electron chi connectivity index (χ4n) is 3.32. The number of aliphatic hydroxyl groups is 1. The van der Waals surface area contributed by atoms with Crippen LogP contribution in [0.15, 0.2) is 16.8 Å². The Balaban J connectivity index is 1.69. The lowest BCUT2D eigenvalue weighted by atomic mass is 10.1. The van der Waals surface area contributed by atoms with Crippen LogP contribution in [0.1, 0.15) is 43.2 Å². The quantitative estimate of drug-likeness (QED) is 0.924. The summed E-state index contributed by atoms with van der Waals surface area (Å²) < 4.78 is 11.3. The molecule has 2 aromatic heterocycles. The Hall–Kier alpha value is -1.99. The van der Waals surface area contributed by atoms with Gasteiger partial charge in [0, 0.05) is 32.0 Å². The normalized spacial score (nSPS) is 22.2. The fraction of sp³-hybridized carbons (Fsp3) is 0.588. The topological polar surface area (TPSA) is 84.5 Å². The molecule has 0 saturated carbocycles. The summed E-state index contributed by atoms with van der Waals surface area (Å²) >= 11 is 0. The van der Waals surface area contributed by atoms with Crippen molar-refractivity contribution in [1.82, 2.24) is 15.1 Å². The maximum Gasteiger partial charge on any atom is 0.225 e. The minimum absolute atomic E-state index is 0.0254. The highest BCUT2D eigenvalue weighted by molar-refractivity contribution is 5.61. The van der Waals surface area contributed by atoms with Gasteiger partial charge in [-0.05, 0) is 32.6 Å². The Kier molecular flexibility index (Phi) is 4.20. The first kappa shape index (κ1) is 15.5. The van der Waals surface area contributed by atoms with E-state index in [9.17, 15) is 5.11 Å². The van der Waals surface area contributed by atoms with Gasteiger partial charge in [0.15, 0.2) is 5.76 Å². The van der Waals surface area contributed by atoms with Crippen molar-refractivity contribution < 1.29 is 14.4 Å². The number of anilines is 1. The van der Waals surface area contributed by atoms with Crippen LogP contribution in [-0.2, 0) is 4.74 Å². The highest BCUT2D eigenvalue weighted by Crippen LogP contribution is 2.35. The van der Waals surface area contributed by atoms with E-state index in [1.807, 2.05) is 19.2 Å². The zero-order valence-corrected chi connectivity index (χ0v) is 13.8. The third kappa shape index (κ3) is 3.01. The summed E-state index contributed by atoms with van der Waals surface area (Å²) in [5, 5.41) is 13.7. The molecule has 2 fully saturated rings. The number of aliphatic hydroxyl groups excluding tert-OH is 1. The molecule has 0 spiro atoms. The lowest BCUT2D eigenvalue weighted by molar-refractivity contribution is 0.109. The number of hydrogen-bond donors (Lipinski definition) is 1. The van der Waals surface area contributed by atoms with Crippen molar-refractivity contribution in [1.29, 1.82) is 0 Å². The van der Waals surface area contributed by atoms with Gasteiger partial charge >= 0.3 is 0 Å². The van der Waals surface area contributed by atoms with Crippen LogP contribution < -0.4 is 4.90 Å². The Morgan fingerprint density at radius 1 is 1.25 bits per heavy atom. The smallest absolute Gasteiger partial charge is 0.225 e. The molecule has 24 heavy (non-hydrogen) atoms. The summed E-state index contributed by atoms with van der Waals surface area (Å²) in [7, 11) is 0. The van der Waals surface area contributed by atoms with E-state index >= 15 is 0 Å². The highest BCUT2D eigenvalue weighted by atomic mass is 16.5. The maximum atomic E-state index is 9.69. The summed E-state index contributed by atoms with van der Waals surface area (Å²) in [6, 6.07) is 1.90. The Morgan fingerprint density at radius 3 is 2.75 bits per heavy atom. The number of rotatable bonds is 3. The van der Waals surface area contributed by atoms with Crippen molar-refractivity contribution in [3.63, 3.8) is 0 Å². The van der Waals surface area contributed by atoms with Crippen LogP contribution in [0.25, 0.3) is 11.3 Å². The summed E-state index contributed by atoms with van der Waals surface area (Å²) in [6.07, 6.45) is 5.07. The van der Waals surface area contributed by atoms with E-state index in [1.54, 1.807) is 0 Å². The average molecular weight is 330 g/mol. The van der Waals surface area contributed by atoms with Gasteiger partial charge in [-0.2, -0.15) is 0 Å². The molecule has 0 radical (unpaired) electrons. The largest absolute Gasteiger partial charge is 0.393 e. The van der Waals surface area contributed by atoms with Crippen molar-refractivity contribution in [3.8, 4) is 11.3 Å². The monoisotopic (exact) mass is 330 g/mol. The zero-order chi connectivity index (χ0) is 16.5. The number of nitrogens with zero attached hydrogens (tertiary/aromatic N) is 4. The first-order valence-electron chi connectivity index (χ1n) is 8.56. The first-order valence-corrected chi connectivity index (χ1v) is 8.56. The Bertz CT molecular complexity index is 704. The minimum Gasteiger partial charge on any atom is -0.393 e. The number of piperidine rings is 1. The molecule has 0 amide bonds. The predicted molar refractivity (Wildman–Crippen MR) is 87.6 cm³/mol. The first-order chi connectivity index (χ1) is 11.7. The summed E-state index contributed by atoms with van der Waals surface area (Å²) in [6.45, 7) is 4.20. The van der Waals surface area contributed by atoms with Crippen LogP contribution in [0.5, 0.6) is 0 Å². The van der Waals surface area contributed by atoms with E-state index in [1.165, 1.54) is 0 Å². The molecule has 1 N–H and O–H groups in total. The van der Waals surface area contributed by atoms with Gasteiger partial charge < -0.3 is 19.3 Å². The van der Waals surface area contributed by atoms with E-state index < -0.39 is 0 Å². The lowest BCUT2D eigenvalue weighted by Crippen LogP contribution is -2.37. The van der Waals surface area contributed by atoms with Crippen molar-refractivity contribution in [2.45, 2.75) is 44.8 Å². The molecule has 2 aromatic rings. The molecule has 128 valence electrons. The van der Waals surface area contributed by atoms with Crippen LogP contribution in [0.2, 0.25) is 0 Å². The second-order valence-electron chi connectivity index (χ2n) is 6.52.